The lowest BCUT2D eigenvalue weighted by Crippen LogP contribution is -2.51. The van der Waals surface area contributed by atoms with Gasteiger partial charge in [-0.15, -0.1) is 0 Å². The van der Waals surface area contributed by atoms with Gasteiger partial charge in [-0.05, 0) is 18.2 Å². The van der Waals surface area contributed by atoms with E-state index in [-0.39, 0.29) is 11.3 Å². The highest BCUT2D eigenvalue weighted by atomic mass is 32.2. The second-order valence-electron chi connectivity index (χ2n) is 4.36. The van der Waals surface area contributed by atoms with Gasteiger partial charge in [0, 0.05) is 11.3 Å². The number of amidine groups is 1. The fourth-order valence-electron chi connectivity index (χ4n) is 2.02. The van der Waals surface area contributed by atoms with E-state index in [2.05, 4.69) is 5.32 Å². The summed E-state index contributed by atoms with van der Waals surface area (Å²) < 4.78 is 50.0. The first-order valence-electron chi connectivity index (χ1n) is 5.52. The molecule has 0 bridgehead atoms. The summed E-state index contributed by atoms with van der Waals surface area (Å²) >= 11 is 0. The fraction of sp³-hybridized carbons (Fsp3) is 0.364. The van der Waals surface area contributed by atoms with Crippen LogP contribution < -0.4 is 11.1 Å². The number of hydrogen-bond donors (Lipinski definition) is 3. The molecule has 1 fully saturated rings. The summed E-state index contributed by atoms with van der Waals surface area (Å²) in [6, 6.07) is 2.87. The predicted molar refractivity (Wildman–Crippen MR) is 68.0 cm³/mol. The Bertz CT molecular complexity index is 618. The van der Waals surface area contributed by atoms with Crippen LogP contribution in [0, 0.1) is 11.2 Å². The first kappa shape index (κ1) is 13.7. The number of sulfone groups is 1. The van der Waals surface area contributed by atoms with Crippen molar-refractivity contribution in [3.63, 3.8) is 0 Å². The monoisotopic (exact) mass is 289 g/mol. The van der Waals surface area contributed by atoms with Crippen LogP contribution in [0.4, 0.5) is 14.5 Å². The molecule has 1 saturated heterocycles. The number of alkyl halides is 1. The lowest BCUT2D eigenvalue weighted by molar-refractivity contribution is 0.478. The normalized spacial score (nSPS) is 25.9. The molecular weight excluding hydrogens is 276 g/mol. The molecule has 0 radical (unpaired) electrons. The highest BCUT2D eigenvalue weighted by molar-refractivity contribution is 7.92. The van der Waals surface area contributed by atoms with Crippen molar-refractivity contribution in [2.24, 2.45) is 0 Å². The number of rotatable bonds is 2. The average molecular weight is 289 g/mol. The Hall–Kier alpha value is -1.70. The summed E-state index contributed by atoms with van der Waals surface area (Å²) in [6.45, 7) is -1.17. The van der Waals surface area contributed by atoms with Crippen molar-refractivity contribution >= 4 is 21.4 Å². The van der Waals surface area contributed by atoms with Gasteiger partial charge in [-0.2, -0.15) is 0 Å². The highest BCUT2D eigenvalue weighted by Crippen LogP contribution is 2.26. The SMILES string of the molecule is N=C1NC(c2cc(N)ccc2F)CS(=O)(=O)[C@H]1CF. The van der Waals surface area contributed by atoms with Crippen LogP contribution in [0.5, 0.6) is 0 Å². The zero-order chi connectivity index (χ0) is 14.2. The largest absolute Gasteiger partial charge is 0.399 e. The number of anilines is 1. The molecule has 1 aromatic rings. The summed E-state index contributed by atoms with van der Waals surface area (Å²) in [6.07, 6.45) is 0. The minimum absolute atomic E-state index is 0.0608. The molecule has 1 unspecified atom stereocenters. The van der Waals surface area contributed by atoms with E-state index in [0.717, 1.165) is 6.07 Å². The lowest BCUT2D eigenvalue weighted by Gasteiger charge is -2.30. The number of nitrogen functional groups attached to an aromatic ring is 1. The first-order valence-corrected chi connectivity index (χ1v) is 7.24. The Balaban J connectivity index is 2.39. The van der Waals surface area contributed by atoms with Crippen LogP contribution in [0.3, 0.4) is 0 Å². The van der Waals surface area contributed by atoms with Gasteiger partial charge in [0.05, 0.1) is 11.8 Å². The van der Waals surface area contributed by atoms with Crippen LogP contribution >= 0.6 is 0 Å². The Labute approximate surface area is 109 Å². The van der Waals surface area contributed by atoms with Crippen molar-refractivity contribution in [2.75, 3.05) is 18.2 Å². The molecule has 0 spiro atoms. The summed E-state index contributed by atoms with van der Waals surface area (Å²) in [5.41, 5.74) is 5.88. The maximum Gasteiger partial charge on any atom is 0.165 e. The van der Waals surface area contributed by atoms with E-state index in [1.54, 1.807) is 0 Å². The maximum absolute atomic E-state index is 13.7. The molecule has 1 aliphatic rings. The standard InChI is InChI=1S/C11H13F2N3O2S/c12-4-10-11(15)16-9(5-19(10,17)18)7-3-6(14)1-2-8(7)13/h1-3,9-10H,4-5,14H2,(H2,15,16)/t9?,10-/m0/s1. The molecule has 104 valence electrons. The molecule has 19 heavy (non-hydrogen) atoms. The van der Waals surface area contributed by atoms with Gasteiger partial charge in [-0.1, -0.05) is 0 Å². The number of nitrogens with two attached hydrogens (primary N) is 1. The molecule has 0 amide bonds. The molecule has 2 rings (SSSR count). The average Bonchev–Trinajstić information content (AvgIpc) is 2.30. The van der Waals surface area contributed by atoms with Gasteiger partial charge < -0.3 is 11.1 Å². The van der Waals surface area contributed by atoms with Gasteiger partial charge in [0.2, 0.25) is 0 Å². The van der Waals surface area contributed by atoms with Crippen molar-refractivity contribution in [1.29, 1.82) is 5.41 Å². The van der Waals surface area contributed by atoms with Gasteiger partial charge >= 0.3 is 0 Å². The van der Waals surface area contributed by atoms with Crippen LogP contribution in [0.25, 0.3) is 0 Å². The molecule has 2 atom stereocenters. The number of benzene rings is 1. The third-order valence-electron chi connectivity index (χ3n) is 3.02. The fourth-order valence-corrected chi connectivity index (χ4v) is 3.60. The van der Waals surface area contributed by atoms with Gasteiger partial charge in [0.1, 0.15) is 23.6 Å². The third-order valence-corrected chi connectivity index (χ3v) is 5.05. The Morgan fingerprint density at radius 1 is 1.47 bits per heavy atom. The van der Waals surface area contributed by atoms with Crippen molar-refractivity contribution in [2.45, 2.75) is 11.3 Å². The van der Waals surface area contributed by atoms with E-state index in [1.807, 2.05) is 0 Å². The van der Waals surface area contributed by atoms with Crippen LogP contribution in [0.2, 0.25) is 0 Å². The van der Waals surface area contributed by atoms with Crippen molar-refractivity contribution in [1.82, 2.24) is 5.32 Å². The van der Waals surface area contributed by atoms with Crippen molar-refractivity contribution in [3.8, 4) is 0 Å². The molecule has 1 aromatic carbocycles. The van der Waals surface area contributed by atoms with E-state index in [1.165, 1.54) is 12.1 Å². The molecular formula is C11H13F2N3O2S. The van der Waals surface area contributed by atoms with E-state index in [9.17, 15) is 17.2 Å². The third kappa shape index (κ3) is 2.53. The Morgan fingerprint density at radius 2 is 2.16 bits per heavy atom. The summed E-state index contributed by atoms with van der Waals surface area (Å²) in [5.74, 6) is -1.54. The zero-order valence-electron chi connectivity index (χ0n) is 9.86. The molecule has 8 heteroatoms. The van der Waals surface area contributed by atoms with Gasteiger partial charge in [-0.25, -0.2) is 17.2 Å². The van der Waals surface area contributed by atoms with Gasteiger partial charge in [-0.3, -0.25) is 5.41 Å². The topological polar surface area (TPSA) is 96.0 Å². The Morgan fingerprint density at radius 3 is 2.74 bits per heavy atom. The van der Waals surface area contributed by atoms with E-state index >= 15 is 0 Å². The predicted octanol–water partition coefficient (Wildman–Crippen LogP) is 0.782. The minimum atomic E-state index is -3.82. The maximum atomic E-state index is 13.7. The molecule has 0 aliphatic carbocycles. The van der Waals surface area contributed by atoms with Crippen molar-refractivity contribution < 1.29 is 17.2 Å². The second-order valence-corrected chi connectivity index (χ2v) is 6.59. The number of nitrogens with one attached hydrogen (secondary N) is 2. The van der Waals surface area contributed by atoms with Crippen LogP contribution in [0.1, 0.15) is 11.6 Å². The minimum Gasteiger partial charge on any atom is -0.399 e. The quantitative estimate of drug-likeness (QED) is 0.701. The van der Waals surface area contributed by atoms with Crippen LogP contribution in [-0.4, -0.2) is 31.9 Å². The smallest absolute Gasteiger partial charge is 0.165 e. The van der Waals surface area contributed by atoms with Crippen LogP contribution in [0.15, 0.2) is 18.2 Å². The molecule has 4 N–H and O–H groups in total. The first-order chi connectivity index (χ1) is 8.85. The lowest BCUT2D eigenvalue weighted by atomic mass is 10.1. The Kier molecular flexibility index (Phi) is 3.44. The molecule has 5 nitrogen and oxygen atoms in total. The number of hydrogen-bond acceptors (Lipinski definition) is 4. The van der Waals surface area contributed by atoms with Crippen LogP contribution in [-0.2, 0) is 9.84 Å². The van der Waals surface area contributed by atoms with E-state index in [4.69, 9.17) is 11.1 Å². The highest BCUT2D eigenvalue weighted by Gasteiger charge is 2.39. The summed E-state index contributed by atoms with van der Waals surface area (Å²) in [7, 11) is -3.82. The molecule has 0 aromatic heterocycles. The number of halogens is 2. The molecule has 1 aliphatic heterocycles. The molecule has 0 saturated carbocycles. The molecule has 1 heterocycles. The van der Waals surface area contributed by atoms with Crippen molar-refractivity contribution in [3.05, 3.63) is 29.6 Å². The zero-order valence-corrected chi connectivity index (χ0v) is 10.7. The second kappa shape index (κ2) is 4.76. The summed E-state index contributed by atoms with van der Waals surface area (Å²) in [5, 5.41) is 8.55. The summed E-state index contributed by atoms with van der Waals surface area (Å²) in [4.78, 5) is 0. The van der Waals surface area contributed by atoms with E-state index < -0.39 is 45.2 Å². The van der Waals surface area contributed by atoms with Gasteiger partial charge in [0.15, 0.2) is 9.84 Å². The van der Waals surface area contributed by atoms with Gasteiger partial charge in [0.25, 0.3) is 0 Å². The van der Waals surface area contributed by atoms with E-state index in [0.29, 0.717) is 0 Å².